The molecule has 2 aromatic rings. The van der Waals surface area contributed by atoms with Crippen LogP contribution in [0, 0.1) is 0 Å². The minimum atomic E-state index is -3.33. The van der Waals surface area contributed by atoms with Gasteiger partial charge in [-0.1, -0.05) is 12.1 Å². The molecule has 0 aliphatic heterocycles. The quantitative estimate of drug-likeness (QED) is 0.813. The van der Waals surface area contributed by atoms with Crippen molar-refractivity contribution in [3.8, 4) is 0 Å². The third-order valence-corrected chi connectivity index (χ3v) is 6.86. The molecule has 0 unspecified atom stereocenters. The van der Waals surface area contributed by atoms with Crippen molar-refractivity contribution < 1.29 is 13.2 Å². The molecule has 8 heteroatoms. The van der Waals surface area contributed by atoms with E-state index in [9.17, 15) is 18.0 Å². The lowest BCUT2D eigenvalue weighted by Gasteiger charge is -2.14. The van der Waals surface area contributed by atoms with E-state index in [1.165, 1.54) is 12.1 Å². The van der Waals surface area contributed by atoms with Crippen molar-refractivity contribution in [2.24, 2.45) is 0 Å². The van der Waals surface area contributed by atoms with Crippen LogP contribution >= 0.6 is 0 Å². The molecule has 1 aliphatic carbocycles. The van der Waals surface area contributed by atoms with Crippen LogP contribution in [0.3, 0.4) is 0 Å². The molecule has 3 rings (SSSR count). The molecule has 144 valence electrons. The van der Waals surface area contributed by atoms with Gasteiger partial charge in [0.1, 0.15) is 0 Å². The Morgan fingerprint density at radius 2 is 1.85 bits per heavy atom. The molecule has 0 fully saturated rings. The standard InChI is InChI=1S/C19H23N3O4S/c1-12(2)27(25,26)14-9-7-13(8-10-14)11-17(23)21-19-20-16-6-4-3-5-15(16)18(24)22-19/h7-10,12H,3-6,11H2,1-2H3,(H2,20,21,22,23,24). The van der Waals surface area contributed by atoms with Crippen LogP contribution in [-0.2, 0) is 33.9 Å². The third kappa shape index (κ3) is 4.27. The topological polar surface area (TPSA) is 109 Å². The van der Waals surface area contributed by atoms with E-state index in [2.05, 4.69) is 15.3 Å². The first-order valence-corrected chi connectivity index (χ1v) is 10.6. The van der Waals surface area contributed by atoms with E-state index in [0.29, 0.717) is 11.1 Å². The van der Waals surface area contributed by atoms with Gasteiger partial charge in [0.15, 0.2) is 9.84 Å². The number of hydrogen-bond acceptors (Lipinski definition) is 5. The highest BCUT2D eigenvalue weighted by Gasteiger charge is 2.19. The molecule has 0 saturated heterocycles. The van der Waals surface area contributed by atoms with E-state index in [0.717, 1.165) is 31.4 Å². The number of rotatable bonds is 5. The van der Waals surface area contributed by atoms with Crippen LogP contribution in [0.4, 0.5) is 5.95 Å². The zero-order chi connectivity index (χ0) is 19.6. The summed E-state index contributed by atoms with van der Waals surface area (Å²) in [7, 11) is -3.33. The van der Waals surface area contributed by atoms with Gasteiger partial charge in [-0.25, -0.2) is 13.4 Å². The molecule has 1 amide bonds. The Morgan fingerprint density at radius 3 is 2.52 bits per heavy atom. The zero-order valence-electron chi connectivity index (χ0n) is 15.4. The highest BCUT2D eigenvalue weighted by Crippen LogP contribution is 2.18. The number of H-pyrrole nitrogens is 1. The molecular formula is C19H23N3O4S. The van der Waals surface area contributed by atoms with Crippen LogP contribution in [0.5, 0.6) is 0 Å². The Labute approximate surface area is 158 Å². The number of amides is 1. The number of benzene rings is 1. The van der Waals surface area contributed by atoms with Crippen LogP contribution in [0.1, 0.15) is 43.5 Å². The molecule has 0 atom stereocenters. The summed E-state index contributed by atoms with van der Waals surface area (Å²) in [5.41, 5.74) is 1.94. The number of carbonyl (C=O) groups is 1. The van der Waals surface area contributed by atoms with Gasteiger partial charge < -0.3 is 0 Å². The molecule has 1 aliphatic rings. The number of aromatic amines is 1. The molecule has 7 nitrogen and oxygen atoms in total. The van der Waals surface area contributed by atoms with Crippen molar-refractivity contribution in [1.29, 1.82) is 0 Å². The number of aromatic nitrogens is 2. The largest absolute Gasteiger partial charge is 0.296 e. The summed E-state index contributed by atoms with van der Waals surface area (Å²) in [6.07, 6.45) is 3.49. The number of fused-ring (bicyclic) bond motifs is 1. The summed E-state index contributed by atoms with van der Waals surface area (Å²) in [4.78, 5) is 31.6. The summed E-state index contributed by atoms with van der Waals surface area (Å²) in [5.74, 6) is -0.168. The molecule has 1 aromatic carbocycles. The van der Waals surface area contributed by atoms with Gasteiger partial charge in [0, 0.05) is 5.56 Å². The number of nitrogens with one attached hydrogen (secondary N) is 2. The lowest BCUT2D eigenvalue weighted by Crippen LogP contribution is -2.25. The van der Waals surface area contributed by atoms with E-state index in [1.54, 1.807) is 26.0 Å². The molecule has 0 bridgehead atoms. The number of nitrogens with zero attached hydrogens (tertiary/aromatic N) is 1. The SMILES string of the molecule is CC(C)S(=O)(=O)c1ccc(CC(=O)Nc2nc3c(c(=O)[nH]2)CCCC3)cc1. The number of carbonyl (C=O) groups excluding carboxylic acids is 1. The first-order valence-electron chi connectivity index (χ1n) is 9.02. The second-order valence-corrected chi connectivity index (χ2v) is 9.51. The Hall–Kier alpha value is -2.48. The number of sulfone groups is 1. The van der Waals surface area contributed by atoms with Crippen LogP contribution in [0.15, 0.2) is 34.0 Å². The number of aryl methyl sites for hydroxylation is 1. The lowest BCUT2D eigenvalue weighted by molar-refractivity contribution is -0.115. The van der Waals surface area contributed by atoms with Gasteiger partial charge in [0.05, 0.1) is 22.3 Å². The molecule has 0 saturated carbocycles. The second kappa shape index (κ2) is 7.64. The van der Waals surface area contributed by atoms with Gasteiger partial charge >= 0.3 is 0 Å². The molecule has 0 spiro atoms. The van der Waals surface area contributed by atoms with Crippen LogP contribution in [0.2, 0.25) is 0 Å². The van der Waals surface area contributed by atoms with Crippen molar-refractivity contribution in [3.63, 3.8) is 0 Å². The third-order valence-electron chi connectivity index (χ3n) is 4.69. The highest BCUT2D eigenvalue weighted by molar-refractivity contribution is 7.92. The maximum absolute atomic E-state index is 12.3. The van der Waals surface area contributed by atoms with Crippen LogP contribution in [-0.4, -0.2) is 29.5 Å². The fourth-order valence-corrected chi connectivity index (χ4v) is 4.15. The van der Waals surface area contributed by atoms with Crippen molar-refractivity contribution >= 4 is 21.7 Å². The number of anilines is 1. The summed E-state index contributed by atoms with van der Waals surface area (Å²) in [5, 5.41) is 2.12. The molecular weight excluding hydrogens is 366 g/mol. The van der Waals surface area contributed by atoms with E-state index >= 15 is 0 Å². The van der Waals surface area contributed by atoms with E-state index in [1.807, 2.05) is 0 Å². The van der Waals surface area contributed by atoms with Crippen molar-refractivity contribution in [1.82, 2.24) is 9.97 Å². The van der Waals surface area contributed by atoms with Crippen LogP contribution < -0.4 is 10.9 Å². The van der Waals surface area contributed by atoms with Crippen molar-refractivity contribution in [2.45, 2.75) is 56.1 Å². The van der Waals surface area contributed by atoms with Gasteiger partial charge in [-0.15, -0.1) is 0 Å². The molecule has 1 aromatic heterocycles. The smallest absolute Gasteiger partial charge is 0.255 e. The summed E-state index contributed by atoms with van der Waals surface area (Å²) in [6, 6.07) is 6.27. The van der Waals surface area contributed by atoms with Gasteiger partial charge in [-0.05, 0) is 57.2 Å². The molecule has 27 heavy (non-hydrogen) atoms. The summed E-state index contributed by atoms with van der Waals surface area (Å²) in [6.45, 7) is 3.26. The Balaban J connectivity index is 1.70. The molecule has 2 N–H and O–H groups in total. The maximum atomic E-state index is 12.3. The molecule has 0 radical (unpaired) electrons. The average molecular weight is 389 g/mol. The fourth-order valence-electron chi connectivity index (χ4n) is 3.09. The van der Waals surface area contributed by atoms with E-state index in [-0.39, 0.29) is 28.7 Å². The maximum Gasteiger partial charge on any atom is 0.255 e. The van der Waals surface area contributed by atoms with E-state index < -0.39 is 15.1 Å². The predicted octanol–water partition coefficient (Wildman–Crippen LogP) is 2.01. The highest BCUT2D eigenvalue weighted by atomic mass is 32.2. The lowest BCUT2D eigenvalue weighted by atomic mass is 9.97. The van der Waals surface area contributed by atoms with Crippen molar-refractivity contribution in [3.05, 3.63) is 51.4 Å². The van der Waals surface area contributed by atoms with Crippen LogP contribution in [0.25, 0.3) is 0 Å². The minimum absolute atomic E-state index is 0.0583. The second-order valence-electron chi connectivity index (χ2n) is 7.01. The fraction of sp³-hybridized carbons (Fsp3) is 0.421. The van der Waals surface area contributed by atoms with Gasteiger partial charge in [-0.2, -0.15) is 0 Å². The average Bonchev–Trinajstić information content (AvgIpc) is 2.62. The Bertz CT molecular complexity index is 1010. The normalized spacial score (nSPS) is 14.0. The summed E-state index contributed by atoms with van der Waals surface area (Å²) >= 11 is 0. The van der Waals surface area contributed by atoms with Gasteiger partial charge in [0.2, 0.25) is 11.9 Å². The molecule has 1 heterocycles. The first-order chi connectivity index (χ1) is 12.8. The zero-order valence-corrected chi connectivity index (χ0v) is 16.2. The Morgan fingerprint density at radius 1 is 1.19 bits per heavy atom. The monoisotopic (exact) mass is 389 g/mol. The first kappa shape index (κ1) is 19.3. The Kier molecular flexibility index (Phi) is 5.46. The predicted molar refractivity (Wildman–Crippen MR) is 103 cm³/mol. The van der Waals surface area contributed by atoms with Gasteiger partial charge in [-0.3, -0.25) is 19.9 Å². The van der Waals surface area contributed by atoms with E-state index in [4.69, 9.17) is 0 Å². The minimum Gasteiger partial charge on any atom is -0.296 e. The van der Waals surface area contributed by atoms with Gasteiger partial charge in [0.25, 0.3) is 5.56 Å². The summed E-state index contributed by atoms with van der Waals surface area (Å²) < 4.78 is 24.3. The number of hydrogen-bond donors (Lipinski definition) is 2. The van der Waals surface area contributed by atoms with Crippen molar-refractivity contribution in [2.75, 3.05) is 5.32 Å².